The van der Waals surface area contributed by atoms with E-state index in [1.165, 1.54) is 0 Å². The summed E-state index contributed by atoms with van der Waals surface area (Å²) < 4.78 is 86.2. The zero-order valence-electron chi connectivity index (χ0n) is 17.3. The summed E-state index contributed by atoms with van der Waals surface area (Å²) in [5.74, 6) is -10.2. The summed E-state index contributed by atoms with van der Waals surface area (Å²) >= 11 is 0. The fourth-order valence-corrected chi connectivity index (χ4v) is 6.59. The molecule has 9 heteroatoms. The highest BCUT2D eigenvalue weighted by Crippen LogP contribution is 2.31. The molecule has 0 saturated heterocycles. The minimum Gasteiger partial charge on any atom is -0.371 e. The Kier molecular flexibility index (Phi) is 9.05. The minimum atomic E-state index is -3.28. The molecule has 0 saturated carbocycles. The molecule has 1 unspecified atom stereocenters. The highest BCUT2D eigenvalue weighted by molar-refractivity contribution is 6.61. The van der Waals surface area contributed by atoms with Crippen LogP contribution in [0.4, 0.5) is 22.0 Å². The molecule has 1 rings (SSSR count). The Labute approximate surface area is 164 Å². The molecule has 0 N–H and O–H groups in total. The fraction of sp³-hybridized carbons (Fsp3) is 0.684. The second-order valence-corrected chi connectivity index (χ2v) is 10.2. The first-order chi connectivity index (χ1) is 12.8. The summed E-state index contributed by atoms with van der Waals surface area (Å²) in [6.45, 7) is 12.5. The highest BCUT2D eigenvalue weighted by atomic mass is 28.4. The van der Waals surface area contributed by atoms with Gasteiger partial charge in [0, 0.05) is 29.9 Å². The van der Waals surface area contributed by atoms with Gasteiger partial charge in [-0.2, -0.15) is 0 Å². The zero-order chi connectivity index (χ0) is 21.8. The SMILES string of the molecule is CC(Cc1c(F)c(F)c(F)c(F)c1F)C[Si](OC(C)C)(OC(C)C)OC(C)C. The lowest BCUT2D eigenvalue weighted by Gasteiger charge is -2.36. The van der Waals surface area contributed by atoms with E-state index >= 15 is 0 Å². The van der Waals surface area contributed by atoms with E-state index in [9.17, 15) is 22.0 Å². The van der Waals surface area contributed by atoms with Gasteiger partial charge in [0.05, 0.1) is 0 Å². The van der Waals surface area contributed by atoms with Crippen molar-refractivity contribution >= 4 is 8.80 Å². The fourth-order valence-electron chi connectivity index (χ4n) is 2.98. The largest absolute Gasteiger partial charge is 0.501 e. The zero-order valence-corrected chi connectivity index (χ0v) is 18.3. The van der Waals surface area contributed by atoms with E-state index in [4.69, 9.17) is 13.3 Å². The smallest absolute Gasteiger partial charge is 0.371 e. The van der Waals surface area contributed by atoms with Crippen LogP contribution in [0.3, 0.4) is 0 Å². The molecule has 162 valence electrons. The minimum absolute atomic E-state index is 0.168. The van der Waals surface area contributed by atoms with Gasteiger partial charge in [0.2, 0.25) is 5.82 Å². The third-order valence-electron chi connectivity index (χ3n) is 3.70. The molecule has 0 amide bonds. The Morgan fingerprint density at radius 1 is 0.607 bits per heavy atom. The number of hydrogen-bond acceptors (Lipinski definition) is 3. The highest BCUT2D eigenvalue weighted by Gasteiger charge is 2.45. The Bertz CT molecular complexity index is 612. The average molecular weight is 429 g/mol. The molecule has 28 heavy (non-hydrogen) atoms. The molecule has 1 atom stereocenters. The van der Waals surface area contributed by atoms with Crippen molar-refractivity contribution in [1.82, 2.24) is 0 Å². The van der Waals surface area contributed by atoms with Crippen molar-refractivity contribution in [2.45, 2.75) is 79.2 Å². The van der Waals surface area contributed by atoms with Gasteiger partial charge in [-0.05, 0) is 53.9 Å². The maximum Gasteiger partial charge on any atom is 0.501 e. The van der Waals surface area contributed by atoms with Crippen LogP contribution in [0.15, 0.2) is 0 Å². The van der Waals surface area contributed by atoms with Gasteiger partial charge in [-0.3, -0.25) is 0 Å². The molecule has 0 aromatic heterocycles. The molecule has 0 aliphatic rings. The Morgan fingerprint density at radius 3 is 1.25 bits per heavy atom. The first-order valence-electron chi connectivity index (χ1n) is 9.33. The van der Waals surface area contributed by atoms with Crippen molar-refractivity contribution in [1.29, 1.82) is 0 Å². The maximum atomic E-state index is 14.0. The summed E-state index contributed by atoms with van der Waals surface area (Å²) in [7, 11) is -3.28. The van der Waals surface area contributed by atoms with E-state index in [-0.39, 0.29) is 30.8 Å². The van der Waals surface area contributed by atoms with Crippen molar-refractivity contribution < 1.29 is 35.2 Å². The van der Waals surface area contributed by atoms with E-state index in [0.29, 0.717) is 0 Å². The normalized spacial score (nSPS) is 13.8. The Hall–Kier alpha value is -1.03. The number of benzene rings is 1. The maximum absolute atomic E-state index is 14.0. The summed E-state index contributed by atoms with van der Waals surface area (Å²) in [6.07, 6.45) is -1.06. The summed E-state index contributed by atoms with van der Waals surface area (Å²) in [4.78, 5) is 0. The standard InChI is InChI=1S/C19H29F5O3Si/c1-10(2)25-28(26-11(3)4,27-12(5)6)9-13(7)8-14-15(20)17(22)19(24)18(23)16(14)21/h10-13H,8-9H2,1-7H3. The van der Waals surface area contributed by atoms with Crippen molar-refractivity contribution in [3.05, 3.63) is 34.6 Å². The topological polar surface area (TPSA) is 27.7 Å². The summed E-state index contributed by atoms with van der Waals surface area (Å²) in [6, 6.07) is 0.168. The van der Waals surface area contributed by atoms with Crippen LogP contribution in [0, 0.1) is 35.0 Å². The monoisotopic (exact) mass is 428 g/mol. The Balaban J connectivity index is 3.20. The molecule has 0 spiro atoms. The predicted octanol–water partition coefficient (Wildman–Crippen LogP) is 5.77. The average Bonchev–Trinajstić information content (AvgIpc) is 2.52. The van der Waals surface area contributed by atoms with Crippen LogP contribution in [0.2, 0.25) is 6.04 Å². The van der Waals surface area contributed by atoms with Gasteiger partial charge in [0.1, 0.15) is 0 Å². The lowest BCUT2D eigenvalue weighted by atomic mass is 10.0. The molecule has 0 aliphatic carbocycles. The predicted molar refractivity (Wildman–Crippen MR) is 98.3 cm³/mol. The van der Waals surface area contributed by atoms with Crippen LogP contribution < -0.4 is 0 Å². The third kappa shape index (κ3) is 6.50. The van der Waals surface area contributed by atoms with Gasteiger partial charge in [-0.1, -0.05) is 6.92 Å². The van der Waals surface area contributed by atoms with Crippen molar-refractivity contribution in [2.75, 3.05) is 0 Å². The summed E-state index contributed by atoms with van der Waals surface area (Å²) in [5.41, 5.74) is -0.842. The van der Waals surface area contributed by atoms with E-state index in [2.05, 4.69) is 0 Å². The molecule has 0 heterocycles. The van der Waals surface area contributed by atoms with E-state index < -0.39 is 49.4 Å². The first-order valence-corrected chi connectivity index (χ1v) is 11.3. The van der Waals surface area contributed by atoms with Gasteiger partial charge in [0.25, 0.3) is 0 Å². The van der Waals surface area contributed by atoms with Crippen molar-refractivity contribution in [2.24, 2.45) is 5.92 Å². The van der Waals surface area contributed by atoms with Crippen LogP contribution in [0.1, 0.15) is 54.0 Å². The van der Waals surface area contributed by atoms with Crippen molar-refractivity contribution in [3.8, 4) is 0 Å². The quantitative estimate of drug-likeness (QED) is 0.205. The molecular formula is C19H29F5O3Si. The number of rotatable bonds is 10. The van der Waals surface area contributed by atoms with Gasteiger partial charge >= 0.3 is 8.80 Å². The second kappa shape index (κ2) is 10.1. The molecule has 3 nitrogen and oxygen atoms in total. The van der Waals surface area contributed by atoms with Gasteiger partial charge < -0.3 is 13.3 Å². The molecular weight excluding hydrogens is 399 g/mol. The van der Waals surface area contributed by atoms with E-state index in [1.807, 2.05) is 41.5 Å². The summed E-state index contributed by atoms with van der Waals surface area (Å²) in [5, 5.41) is 0. The first kappa shape index (κ1) is 25.0. The molecule has 0 aliphatic heterocycles. The van der Waals surface area contributed by atoms with Gasteiger partial charge in [0.15, 0.2) is 23.3 Å². The Morgan fingerprint density at radius 2 is 0.929 bits per heavy atom. The van der Waals surface area contributed by atoms with E-state index in [0.717, 1.165) is 0 Å². The molecule has 0 bridgehead atoms. The van der Waals surface area contributed by atoms with Gasteiger partial charge in [-0.15, -0.1) is 0 Å². The second-order valence-electron chi connectivity index (χ2n) is 7.74. The molecule has 0 radical (unpaired) electrons. The lowest BCUT2D eigenvalue weighted by Crippen LogP contribution is -2.51. The number of halogens is 5. The van der Waals surface area contributed by atoms with Crippen LogP contribution in [0.25, 0.3) is 0 Å². The molecule has 1 aromatic rings. The molecule has 1 aromatic carbocycles. The van der Waals surface area contributed by atoms with Crippen LogP contribution >= 0.6 is 0 Å². The van der Waals surface area contributed by atoms with Crippen LogP contribution in [0.5, 0.6) is 0 Å². The molecule has 0 fully saturated rings. The van der Waals surface area contributed by atoms with Crippen molar-refractivity contribution in [3.63, 3.8) is 0 Å². The van der Waals surface area contributed by atoms with Crippen LogP contribution in [-0.4, -0.2) is 27.1 Å². The van der Waals surface area contributed by atoms with E-state index in [1.54, 1.807) is 6.92 Å². The van der Waals surface area contributed by atoms with Crippen LogP contribution in [-0.2, 0) is 19.7 Å². The van der Waals surface area contributed by atoms with Gasteiger partial charge in [-0.25, -0.2) is 22.0 Å². The number of hydrogen-bond donors (Lipinski definition) is 0. The lowest BCUT2D eigenvalue weighted by molar-refractivity contribution is 0.000599. The third-order valence-corrected chi connectivity index (χ3v) is 7.39.